The highest BCUT2D eigenvalue weighted by Crippen LogP contribution is 2.43. The van der Waals surface area contributed by atoms with Gasteiger partial charge in [0.2, 0.25) is 11.8 Å². The Hall–Kier alpha value is -1.75. The number of aromatic nitrogens is 1. The standard InChI is InChI=1S/C20H28N2O2Si/c1-5-22-19(23)17-14(2)9-10-15(18(17)20(22)24)11-13-25(3,4)16-8-6-7-12-21-16/h6-10,12,14-15,17-18H,5,11,13H2,1-4H3/t14-,15-,17-,18+/m0/s1. The summed E-state index contributed by atoms with van der Waals surface area (Å²) in [6.07, 6.45) is 7.15. The molecule has 0 N–H and O–H groups in total. The summed E-state index contributed by atoms with van der Waals surface area (Å²) < 4.78 is 0. The van der Waals surface area contributed by atoms with Crippen LogP contribution in [0.15, 0.2) is 36.5 Å². The second-order valence-electron chi connectivity index (χ2n) is 8.02. The Morgan fingerprint density at radius 1 is 1.12 bits per heavy atom. The van der Waals surface area contributed by atoms with Crippen LogP contribution in [0.4, 0.5) is 0 Å². The molecular formula is C20H28N2O2Si. The molecule has 0 radical (unpaired) electrons. The summed E-state index contributed by atoms with van der Waals surface area (Å²) in [7, 11) is -1.64. The SMILES string of the molecule is CCN1C(=O)[C@@H]2[C@H](C1=O)[C@H](CC[Si](C)(C)c1ccccn1)C=C[C@@H]2C. The fourth-order valence-electron chi connectivity index (χ4n) is 4.34. The molecule has 25 heavy (non-hydrogen) atoms. The van der Waals surface area contributed by atoms with E-state index in [1.54, 1.807) is 0 Å². The number of rotatable bonds is 5. The molecule has 134 valence electrons. The molecule has 2 amide bonds. The van der Waals surface area contributed by atoms with Gasteiger partial charge in [0.15, 0.2) is 0 Å². The molecule has 0 bridgehead atoms. The summed E-state index contributed by atoms with van der Waals surface area (Å²) >= 11 is 0. The van der Waals surface area contributed by atoms with E-state index in [9.17, 15) is 9.59 Å². The Morgan fingerprint density at radius 3 is 2.48 bits per heavy atom. The van der Waals surface area contributed by atoms with Crippen LogP contribution in [0.3, 0.4) is 0 Å². The molecule has 0 saturated carbocycles. The molecule has 1 aliphatic heterocycles. The lowest BCUT2D eigenvalue weighted by atomic mass is 9.71. The van der Waals surface area contributed by atoms with E-state index in [4.69, 9.17) is 0 Å². The molecule has 1 aromatic rings. The first-order valence-corrected chi connectivity index (χ1v) is 12.5. The first kappa shape index (κ1) is 18.1. The Balaban J connectivity index is 1.77. The Kier molecular flexibility index (Phi) is 4.96. The minimum Gasteiger partial charge on any atom is -0.282 e. The summed E-state index contributed by atoms with van der Waals surface area (Å²) in [6, 6.07) is 7.20. The lowest BCUT2D eigenvalue weighted by Crippen LogP contribution is -2.44. The maximum atomic E-state index is 12.8. The molecule has 0 aromatic carbocycles. The number of likely N-dealkylation sites (tertiary alicyclic amines) is 1. The van der Waals surface area contributed by atoms with Crippen LogP contribution in [0.5, 0.6) is 0 Å². The van der Waals surface area contributed by atoms with Crippen LogP contribution in [0.25, 0.3) is 0 Å². The van der Waals surface area contributed by atoms with Gasteiger partial charge >= 0.3 is 0 Å². The van der Waals surface area contributed by atoms with Gasteiger partial charge in [0.1, 0.15) is 8.07 Å². The molecule has 1 aromatic heterocycles. The number of amides is 2. The summed E-state index contributed by atoms with van der Waals surface area (Å²) in [5.74, 6) is 0.0552. The van der Waals surface area contributed by atoms with Gasteiger partial charge in [-0.05, 0) is 37.3 Å². The van der Waals surface area contributed by atoms with Gasteiger partial charge in [-0.3, -0.25) is 19.5 Å². The number of allylic oxidation sites excluding steroid dienone is 2. The molecule has 4 atom stereocenters. The van der Waals surface area contributed by atoms with Crippen molar-refractivity contribution < 1.29 is 9.59 Å². The van der Waals surface area contributed by atoms with Crippen molar-refractivity contribution in [3.63, 3.8) is 0 Å². The van der Waals surface area contributed by atoms with E-state index in [1.807, 2.05) is 25.3 Å². The molecule has 5 heteroatoms. The lowest BCUT2D eigenvalue weighted by molar-refractivity contribution is -0.139. The number of imide groups is 1. The van der Waals surface area contributed by atoms with E-state index in [0.29, 0.717) is 6.54 Å². The van der Waals surface area contributed by atoms with Gasteiger partial charge in [0.25, 0.3) is 0 Å². The van der Waals surface area contributed by atoms with Crippen molar-refractivity contribution in [2.45, 2.75) is 39.4 Å². The second-order valence-corrected chi connectivity index (χ2v) is 12.8. The van der Waals surface area contributed by atoms with E-state index in [2.05, 4.69) is 43.2 Å². The molecule has 2 heterocycles. The van der Waals surface area contributed by atoms with E-state index in [0.717, 1.165) is 12.5 Å². The van der Waals surface area contributed by atoms with Gasteiger partial charge in [0.05, 0.1) is 11.8 Å². The molecule has 0 unspecified atom stereocenters. The summed E-state index contributed by atoms with van der Waals surface area (Å²) in [5, 5.41) is 1.21. The molecule has 3 rings (SSSR count). The maximum absolute atomic E-state index is 12.8. The van der Waals surface area contributed by atoms with Crippen molar-refractivity contribution >= 4 is 25.2 Å². The molecule has 1 fully saturated rings. The smallest absolute Gasteiger partial charge is 0.233 e. The number of nitrogens with zero attached hydrogens (tertiary/aromatic N) is 2. The zero-order valence-corrected chi connectivity index (χ0v) is 16.6. The highest BCUT2D eigenvalue weighted by Gasteiger charge is 2.52. The molecule has 2 aliphatic rings. The maximum Gasteiger partial charge on any atom is 0.233 e. The number of carbonyl (C=O) groups excluding carboxylic acids is 2. The topological polar surface area (TPSA) is 50.3 Å². The number of carbonyl (C=O) groups is 2. The van der Waals surface area contributed by atoms with Crippen LogP contribution >= 0.6 is 0 Å². The van der Waals surface area contributed by atoms with Crippen molar-refractivity contribution in [3.8, 4) is 0 Å². The van der Waals surface area contributed by atoms with Gasteiger partial charge in [0, 0.05) is 18.1 Å². The highest BCUT2D eigenvalue weighted by molar-refractivity contribution is 6.89. The Bertz CT molecular complexity index is 686. The summed E-state index contributed by atoms with van der Waals surface area (Å²) in [5.41, 5.74) is 0. The quantitative estimate of drug-likeness (QED) is 0.463. The predicted molar refractivity (Wildman–Crippen MR) is 102 cm³/mol. The van der Waals surface area contributed by atoms with Gasteiger partial charge in [-0.25, -0.2) is 0 Å². The zero-order valence-electron chi connectivity index (χ0n) is 15.6. The van der Waals surface area contributed by atoms with Crippen LogP contribution < -0.4 is 5.32 Å². The van der Waals surface area contributed by atoms with Gasteiger partial charge in [-0.2, -0.15) is 0 Å². The van der Waals surface area contributed by atoms with Crippen LogP contribution in [-0.2, 0) is 9.59 Å². The van der Waals surface area contributed by atoms with Crippen LogP contribution in [0, 0.1) is 23.7 Å². The largest absolute Gasteiger partial charge is 0.282 e. The first-order valence-electron chi connectivity index (χ1n) is 9.32. The van der Waals surface area contributed by atoms with Crippen molar-refractivity contribution in [1.29, 1.82) is 0 Å². The molecule has 0 spiro atoms. The lowest BCUT2D eigenvalue weighted by Gasteiger charge is -2.32. The minimum absolute atomic E-state index is 0.0283. The molecule has 4 nitrogen and oxygen atoms in total. The van der Waals surface area contributed by atoms with Gasteiger partial charge in [-0.15, -0.1) is 0 Å². The molecule has 1 saturated heterocycles. The van der Waals surface area contributed by atoms with Crippen molar-refractivity contribution in [3.05, 3.63) is 36.5 Å². The zero-order chi connectivity index (χ0) is 18.2. The van der Waals surface area contributed by atoms with Gasteiger partial charge in [-0.1, -0.05) is 44.3 Å². The van der Waals surface area contributed by atoms with Crippen molar-refractivity contribution in [1.82, 2.24) is 9.88 Å². The fourth-order valence-corrected chi connectivity index (χ4v) is 6.62. The Morgan fingerprint density at radius 2 is 1.84 bits per heavy atom. The summed E-state index contributed by atoms with van der Waals surface area (Å²) in [6.45, 7) is 9.10. The third-order valence-electron chi connectivity index (χ3n) is 5.96. The van der Waals surface area contributed by atoms with Crippen LogP contribution in [0.1, 0.15) is 20.3 Å². The normalized spacial score (nSPS) is 29.2. The van der Waals surface area contributed by atoms with E-state index >= 15 is 0 Å². The fraction of sp³-hybridized carbons (Fsp3) is 0.550. The average molecular weight is 357 g/mol. The number of fused-ring (bicyclic) bond motifs is 1. The third-order valence-corrected chi connectivity index (χ3v) is 9.18. The van der Waals surface area contributed by atoms with Crippen molar-refractivity contribution in [2.75, 3.05) is 6.54 Å². The molecule has 1 aliphatic carbocycles. The number of hydrogen-bond acceptors (Lipinski definition) is 3. The summed E-state index contributed by atoms with van der Waals surface area (Å²) in [4.78, 5) is 31.5. The van der Waals surface area contributed by atoms with Crippen molar-refractivity contribution in [2.24, 2.45) is 23.7 Å². The number of pyridine rings is 1. The third kappa shape index (κ3) is 3.22. The Labute approximate surface area is 151 Å². The van der Waals surface area contributed by atoms with E-state index < -0.39 is 8.07 Å². The predicted octanol–water partition coefficient (Wildman–Crippen LogP) is 2.83. The highest BCUT2D eigenvalue weighted by atomic mass is 28.3. The van der Waals surface area contributed by atoms with Crippen LogP contribution in [-0.4, -0.2) is 36.3 Å². The number of hydrogen-bond donors (Lipinski definition) is 0. The minimum atomic E-state index is -1.64. The second kappa shape index (κ2) is 6.87. The van der Waals surface area contributed by atoms with E-state index in [1.165, 1.54) is 10.2 Å². The van der Waals surface area contributed by atoms with E-state index in [-0.39, 0.29) is 35.5 Å². The molecular weight excluding hydrogens is 328 g/mol. The monoisotopic (exact) mass is 356 g/mol. The average Bonchev–Trinajstić information content (AvgIpc) is 2.87. The van der Waals surface area contributed by atoms with Crippen LogP contribution in [0.2, 0.25) is 19.1 Å². The first-order chi connectivity index (χ1) is 11.9. The van der Waals surface area contributed by atoms with Gasteiger partial charge < -0.3 is 0 Å².